The van der Waals surface area contributed by atoms with Crippen LogP contribution >= 0.6 is 0 Å². The Labute approximate surface area is 103 Å². The number of halogens is 1. The van der Waals surface area contributed by atoms with Gasteiger partial charge in [0.2, 0.25) is 0 Å². The summed E-state index contributed by atoms with van der Waals surface area (Å²) < 4.78 is 13.1. The zero-order chi connectivity index (χ0) is 12.3. The molecule has 2 rings (SSSR count). The van der Waals surface area contributed by atoms with Crippen LogP contribution in [0.2, 0.25) is 0 Å². The summed E-state index contributed by atoms with van der Waals surface area (Å²) in [6.07, 6.45) is 2.28. The van der Waals surface area contributed by atoms with Crippen molar-refractivity contribution in [3.63, 3.8) is 0 Å². The Morgan fingerprint density at radius 2 is 2.18 bits per heavy atom. The van der Waals surface area contributed by atoms with E-state index in [0.29, 0.717) is 6.04 Å². The topological polar surface area (TPSA) is 15.3 Å². The summed E-state index contributed by atoms with van der Waals surface area (Å²) >= 11 is 0. The highest BCUT2D eigenvalue weighted by molar-refractivity contribution is 5.53. The van der Waals surface area contributed by atoms with Crippen LogP contribution in [0.4, 0.5) is 10.1 Å². The molecular weight excluding hydrogens is 215 g/mol. The van der Waals surface area contributed by atoms with Gasteiger partial charge in [0.25, 0.3) is 0 Å². The molecule has 1 fully saturated rings. The van der Waals surface area contributed by atoms with Gasteiger partial charge in [0, 0.05) is 24.8 Å². The van der Waals surface area contributed by atoms with Gasteiger partial charge in [0.05, 0.1) is 0 Å². The Morgan fingerprint density at radius 3 is 2.94 bits per heavy atom. The van der Waals surface area contributed by atoms with Crippen molar-refractivity contribution in [2.75, 3.05) is 24.5 Å². The second-order valence-electron chi connectivity index (χ2n) is 4.92. The molecule has 0 aliphatic carbocycles. The van der Waals surface area contributed by atoms with Gasteiger partial charge >= 0.3 is 0 Å². The van der Waals surface area contributed by atoms with E-state index >= 15 is 0 Å². The van der Waals surface area contributed by atoms with Crippen LogP contribution in [0.25, 0.3) is 0 Å². The zero-order valence-electron chi connectivity index (χ0n) is 10.7. The maximum absolute atomic E-state index is 13.1. The zero-order valence-corrected chi connectivity index (χ0v) is 10.7. The van der Waals surface area contributed by atoms with E-state index in [4.69, 9.17) is 0 Å². The predicted molar refractivity (Wildman–Crippen MR) is 70.0 cm³/mol. The van der Waals surface area contributed by atoms with Crippen LogP contribution in [-0.4, -0.2) is 25.7 Å². The van der Waals surface area contributed by atoms with Crippen LogP contribution in [-0.2, 0) is 0 Å². The van der Waals surface area contributed by atoms with E-state index in [-0.39, 0.29) is 5.82 Å². The molecule has 0 spiro atoms. The van der Waals surface area contributed by atoms with Crippen molar-refractivity contribution in [3.8, 4) is 0 Å². The molecule has 0 amide bonds. The second kappa shape index (κ2) is 5.50. The summed E-state index contributed by atoms with van der Waals surface area (Å²) in [6, 6.07) is 5.65. The molecule has 17 heavy (non-hydrogen) atoms. The largest absolute Gasteiger partial charge is 0.371 e. The van der Waals surface area contributed by atoms with Crippen LogP contribution in [0.15, 0.2) is 18.2 Å². The molecule has 3 heteroatoms. The average Bonchev–Trinajstić information content (AvgIpc) is 2.26. The van der Waals surface area contributed by atoms with Gasteiger partial charge in [-0.1, -0.05) is 0 Å². The minimum atomic E-state index is -0.145. The number of nitrogens with zero attached hydrogens (tertiary/aromatic N) is 1. The van der Waals surface area contributed by atoms with Crippen molar-refractivity contribution in [2.45, 2.75) is 32.7 Å². The first kappa shape index (κ1) is 12.4. The van der Waals surface area contributed by atoms with E-state index < -0.39 is 0 Å². The quantitative estimate of drug-likeness (QED) is 0.806. The first-order valence-electron chi connectivity index (χ1n) is 6.41. The van der Waals surface area contributed by atoms with E-state index in [1.54, 1.807) is 12.1 Å². The van der Waals surface area contributed by atoms with Gasteiger partial charge in [-0.3, -0.25) is 0 Å². The molecule has 1 aromatic carbocycles. The molecule has 1 aliphatic heterocycles. The number of benzene rings is 1. The second-order valence-corrected chi connectivity index (χ2v) is 4.92. The van der Waals surface area contributed by atoms with Crippen molar-refractivity contribution in [1.82, 2.24) is 5.32 Å². The molecule has 1 N–H and O–H groups in total. The molecule has 0 radical (unpaired) electrons. The maximum Gasteiger partial charge on any atom is 0.123 e. The lowest BCUT2D eigenvalue weighted by Gasteiger charge is -2.30. The Bertz CT molecular complexity index is 378. The minimum absolute atomic E-state index is 0.145. The van der Waals surface area contributed by atoms with Gasteiger partial charge in [-0.25, -0.2) is 4.39 Å². The van der Waals surface area contributed by atoms with Gasteiger partial charge in [-0.05, 0) is 57.0 Å². The molecule has 1 atom stereocenters. The number of aryl methyl sites for hydroxylation is 1. The third kappa shape index (κ3) is 3.19. The standard InChI is InChI=1S/C14H21FN2/c1-11-10-13(15)4-5-14(11)17-8-3-7-16-12(2)6-9-17/h4-5,10,12,16H,3,6-9H2,1-2H3. The SMILES string of the molecule is Cc1cc(F)ccc1N1CCCNC(C)CC1. The Kier molecular flexibility index (Phi) is 4.00. The maximum atomic E-state index is 13.1. The number of nitrogens with one attached hydrogen (secondary N) is 1. The van der Waals surface area contributed by atoms with Gasteiger partial charge < -0.3 is 10.2 Å². The van der Waals surface area contributed by atoms with Crippen LogP contribution in [0.3, 0.4) is 0 Å². The molecule has 1 aromatic rings. The molecule has 1 heterocycles. The van der Waals surface area contributed by atoms with E-state index in [1.807, 2.05) is 13.0 Å². The van der Waals surface area contributed by atoms with Crippen LogP contribution in [0.5, 0.6) is 0 Å². The average molecular weight is 236 g/mol. The fraction of sp³-hybridized carbons (Fsp3) is 0.571. The van der Waals surface area contributed by atoms with Crippen LogP contribution < -0.4 is 10.2 Å². The fourth-order valence-electron chi connectivity index (χ4n) is 2.40. The van der Waals surface area contributed by atoms with E-state index in [2.05, 4.69) is 17.1 Å². The molecular formula is C14H21FN2. The monoisotopic (exact) mass is 236 g/mol. The van der Waals surface area contributed by atoms with Crippen molar-refractivity contribution < 1.29 is 4.39 Å². The normalized spacial score (nSPS) is 22.1. The first-order valence-corrected chi connectivity index (χ1v) is 6.41. The molecule has 1 aliphatic rings. The van der Waals surface area contributed by atoms with Gasteiger partial charge in [-0.15, -0.1) is 0 Å². The number of rotatable bonds is 1. The van der Waals surface area contributed by atoms with Gasteiger partial charge in [0.1, 0.15) is 5.82 Å². The minimum Gasteiger partial charge on any atom is -0.371 e. The summed E-state index contributed by atoms with van der Waals surface area (Å²) in [6.45, 7) is 7.37. The fourth-order valence-corrected chi connectivity index (χ4v) is 2.40. The van der Waals surface area contributed by atoms with E-state index in [1.165, 1.54) is 5.69 Å². The summed E-state index contributed by atoms with van der Waals surface area (Å²) in [5.74, 6) is -0.145. The predicted octanol–water partition coefficient (Wildman–Crippen LogP) is 2.71. The molecule has 0 aromatic heterocycles. The smallest absolute Gasteiger partial charge is 0.123 e. The van der Waals surface area contributed by atoms with E-state index in [0.717, 1.165) is 38.0 Å². The third-order valence-corrected chi connectivity index (χ3v) is 3.43. The highest BCUT2D eigenvalue weighted by Crippen LogP contribution is 2.22. The lowest BCUT2D eigenvalue weighted by atomic mass is 10.1. The number of anilines is 1. The first-order chi connectivity index (χ1) is 8.16. The van der Waals surface area contributed by atoms with Gasteiger partial charge in [-0.2, -0.15) is 0 Å². The van der Waals surface area contributed by atoms with Crippen LogP contribution in [0, 0.1) is 12.7 Å². The molecule has 0 saturated carbocycles. The summed E-state index contributed by atoms with van der Waals surface area (Å²) in [7, 11) is 0. The molecule has 94 valence electrons. The summed E-state index contributed by atoms with van der Waals surface area (Å²) in [5.41, 5.74) is 2.21. The molecule has 0 bridgehead atoms. The molecule has 1 unspecified atom stereocenters. The highest BCUT2D eigenvalue weighted by atomic mass is 19.1. The highest BCUT2D eigenvalue weighted by Gasteiger charge is 2.13. The molecule has 1 saturated heterocycles. The van der Waals surface area contributed by atoms with Crippen molar-refractivity contribution in [3.05, 3.63) is 29.6 Å². The lowest BCUT2D eigenvalue weighted by Crippen LogP contribution is -2.38. The molecule has 2 nitrogen and oxygen atoms in total. The number of hydrogen-bond acceptors (Lipinski definition) is 2. The Hall–Kier alpha value is -1.09. The Balaban J connectivity index is 2.13. The number of hydrogen-bond donors (Lipinski definition) is 1. The Morgan fingerprint density at radius 1 is 1.35 bits per heavy atom. The van der Waals surface area contributed by atoms with Crippen molar-refractivity contribution >= 4 is 5.69 Å². The van der Waals surface area contributed by atoms with Crippen molar-refractivity contribution in [2.24, 2.45) is 0 Å². The van der Waals surface area contributed by atoms with Crippen LogP contribution in [0.1, 0.15) is 25.3 Å². The van der Waals surface area contributed by atoms with Gasteiger partial charge in [0.15, 0.2) is 0 Å². The summed E-state index contributed by atoms with van der Waals surface area (Å²) in [4.78, 5) is 2.38. The van der Waals surface area contributed by atoms with Crippen molar-refractivity contribution in [1.29, 1.82) is 0 Å². The van der Waals surface area contributed by atoms with E-state index in [9.17, 15) is 4.39 Å². The third-order valence-electron chi connectivity index (χ3n) is 3.43. The summed E-state index contributed by atoms with van der Waals surface area (Å²) in [5, 5.41) is 3.49. The lowest BCUT2D eigenvalue weighted by molar-refractivity contribution is 0.474.